The molecule has 2 atom stereocenters. The SMILES string of the molecule is CCCCCCC[C@@H](O[Si](C)(C)C(C)(C)C)[C@H](C)C(=O)O. The van der Waals surface area contributed by atoms with Gasteiger partial charge in [-0.15, -0.1) is 0 Å². The van der Waals surface area contributed by atoms with E-state index >= 15 is 0 Å². The number of aliphatic carboxylic acids is 1. The second-order valence-electron chi connectivity index (χ2n) is 7.75. The van der Waals surface area contributed by atoms with Crippen molar-refractivity contribution in [1.29, 1.82) is 0 Å². The van der Waals surface area contributed by atoms with Crippen molar-refractivity contribution in [2.24, 2.45) is 5.92 Å². The topological polar surface area (TPSA) is 46.5 Å². The third-order valence-electron chi connectivity index (χ3n) is 4.79. The van der Waals surface area contributed by atoms with Crippen molar-refractivity contribution >= 4 is 14.3 Å². The molecule has 1 N–H and O–H groups in total. The number of carboxylic acid groups (broad SMARTS) is 1. The Kier molecular flexibility index (Phi) is 8.79. The average Bonchev–Trinajstić information content (AvgIpc) is 2.34. The molecule has 21 heavy (non-hydrogen) atoms. The van der Waals surface area contributed by atoms with E-state index in [2.05, 4.69) is 40.8 Å². The number of rotatable bonds is 10. The van der Waals surface area contributed by atoms with Crippen LogP contribution in [-0.2, 0) is 9.22 Å². The van der Waals surface area contributed by atoms with E-state index in [0.717, 1.165) is 12.8 Å². The molecule has 0 aromatic carbocycles. The molecule has 4 heteroatoms. The first-order chi connectivity index (χ1) is 9.53. The summed E-state index contributed by atoms with van der Waals surface area (Å²) < 4.78 is 6.39. The van der Waals surface area contributed by atoms with Crippen LogP contribution >= 0.6 is 0 Å². The van der Waals surface area contributed by atoms with Crippen molar-refractivity contribution in [2.45, 2.75) is 97.4 Å². The molecule has 0 aliphatic heterocycles. The first-order valence-corrected chi connectivity index (χ1v) is 11.3. The van der Waals surface area contributed by atoms with Crippen LogP contribution in [0, 0.1) is 5.92 Å². The van der Waals surface area contributed by atoms with Gasteiger partial charge in [0.15, 0.2) is 8.32 Å². The van der Waals surface area contributed by atoms with Crippen LogP contribution in [0.2, 0.25) is 18.1 Å². The largest absolute Gasteiger partial charge is 0.481 e. The van der Waals surface area contributed by atoms with Gasteiger partial charge in [-0.25, -0.2) is 0 Å². The Labute approximate surface area is 132 Å². The summed E-state index contributed by atoms with van der Waals surface area (Å²) in [5.74, 6) is -1.17. The van der Waals surface area contributed by atoms with Gasteiger partial charge in [0.25, 0.3) is 0 Å². The highest BCUT2D eigenvalue weighted by Crippen LogP contribution is 2.38. The van der Waals surface area contributed by atoms with Crippen molar-refractivity contribution in [1.82, 2.24) is 0 Å². The summed E-state index contributed by atoms with van der Waals surface area (Å²) in [6, 6.07) is 0. The second kappa shape index (κ2) is 8.94. The monoisotopic (exact) mass is 316 g/mol. The molecular weight excluding hydrogens is 280 g/mol. The van der Waals surface area contributed by atoms with Crippen LogP contribution < -0.4 is 0 Å². The summed E-state index contributed by atoms with van der Waals surface area (Å²) in [5, 5.41) is 9.45. The first kappa shape index (κ1) is 20.6. The van der Waals surface area contributed by atoms with Gasteiger partial charge in [0.1, 0.15) is 0 Å². The lowest BCUT2D eigenvalue weighted by molar-refractivity contribution is -0.144. The zero-order valence-electron chi connectivity index (χ0n) is 15.2. The number of hydrogen-bond donors (Lipinski definition) is 1. The van der Waals surface area contributed by atoms with Gasteiger partial charge >= 0.3 is 5.97 Å². The van der Waals surface area contributed by atoms with Crippen LogP contribution in [0.1, 0.15) is 73.1 Å². The van der Waals surface area contributed by atoms with Gasteiger partial charge in [0.05, 0.1) is 12.0 Å². The molecule has 0 radical (unpaired) electrons. The molecule has 0 fully saturated rings. The molecule has 0 aromatic rings. The highest BCUT2D eigenvalue weighted by Gasteiger charge is 2.40. The van der Waals surface area contributed by atoms with E-state index in [-0.39, 0.29) is 11.1 Å². The van der Waals surface area contributed by atoms with Crippen LogP contribution in [0.25, 0.3) is 0 Å². The molecule has 0 amide bonds. The predicted octanol–water partition coefficient (Wildman–Crippen LogP) is 5.46. The van der Waals surface area contributed by atoms with Gasteiger partial charge in [-0.05, 0) is 31.5 Å². The zero-order chi connectivity index (χ0) is 16.7. The van der Waals surface area contributed by atoms with Crippen molar-refractivity contribution in [3.63, 3.8) is 0 Å². The Morgan fingerprint density at radius 2 is 1.67 bits per heavy atom. The highest BCUT2D eigenvalue weighted by molar-refractivity contribution is 6.74. The number of carbonyl (C=O) groups is 1. The molecule has 0 aliphatic carbocycles. The van der Waals surface area contributed by atoms with Gasteiger partial charge in [-0.1, -0.05) is 59.8 Å². The molecule has 126 valence electrons. The summed E-state index contributed by atoms with van der Waals surface area (Å²) in [5.41, 5.74) is 0. The predicted molar refractivity (Wildman–Crippen MR) is 92.2 cm³/mol. The van der Waals surface area contributed by atoms with Crippen LogP contribution in [0.15, 0.2) is 0 Å². The van der Waals surface area contributed by atoms with Crippen molar-refractivity contribution in [3.05, 3.63) is 0 Å². The van der Waals surface area contributed by atoms with Crippen molar-refractivity contribution in [3.8, 4) is 0 Å². The Bertz CT molecular complexity index is 308. The highest BCUT2D eigenvalue weighted by atomic mass is 28.4. The summed E-state index contributed by atoms with van der Waals surface area (Å²) in [7, 11) is -1.92. The first-order valence-electron chi connectivity index (χ1n) is 8.43. The summed E-state index contributed by atoms with van der Waals surface area (Å²) in [6.07, 6.45) is 6.70. The summed E-state index contributed by atoms with van der Waals surface area (Å²) >= 11 is 0. The molecule has 0 heterocycles. The quantitative estimate of drug-likeness (QED) is 0.430. The molecule has 0 spiro atoms. The van der Waals surface area contributed by atoms with E-state index < -0.39 is 20.2 Å². The normalized spacial score (nSPS) is 15.8. The fourth-order valence-electron chi connectivity index (χ4n) is 2.07. The minimum absolute atomic E-state index is 0.117. The van der Waals surface area contributed by atoms with E-state index in [1.807, 2.05) is 0 Å². The molecular formula is C17H36O3Si. The maximum Gasteiger partial charge on any atom is 0.308 e. The standard InChI is InChI=1S/C17H36O3Si/c1-8-9-10-11-12-13-15(14(2)16(18)19)20-21(6,7)17(3,4)5/h14-15H,8-13H2,1-7H3,(H,18,19)/t14-,15+/m0/s1. The molecule has 0 rings (SSSR count). The van der Waals surface area contributed by atoms with Gasteiger partial charge in [-0.2, -0.15) is 0 Å². The minimum atomic E-state index is -1.92. The van der Waals surface area contributed by atoms with Gasteiger partial charge in [0, 0.05) is 0 Å². The van der Waals surface area contributed by atoms with E-state index in [9.17, 15) is 9.90 Å². The molecule has 0 saturated heterocycles. The Morgan fingerprint density at radius 1 is 1.14 bits per heavy atom. The summed E-state index contributed by atoms with van der Waals surface area (Å²) in [4.78, 5) is 11.3. The smallest absolute Gasteiger partial charge is 0.308 e. The van der Waals surface area contributed by atoms with Crippen LogP contribution in [0.3, 0.4) is 0 Å². The average molecular weight is 317 g/mol. The third kappa shape index (κ3) is 7.46. The minimum Gasteiger partial charge on any atom is -0.481 e. The van der Waals surface area contributed by atoms with Crippen LogP contribution in [0.5, 0.6) is 0 Å². The second-order valence-corrected chi connectivity index (χ2v) is 12.5. The van der Waals surface area contributed by atoms with Crippen LogP contribution in [-0.4, -0.2) is 25.5 Å². The van der Waals surface area contributed by atoms with E-state index in [4.69, 9.17) is 4.43 Å². The summed E-state index contributed by atoms with van der Waals surface area (Å²) in [6.45, 7) is 15.0. The van der Waals surface area contributed by atoms with Crippen LogP contribution in [0.4, 0.5) is 0 Å². The molecule has 3 nitrogen and oxygen atoms in total. The Morgan fingerprint density at radius 3 is 2.10 bits per heavy atom. The van der Waals surface area contributed by atoms with Gasteiger partial charge < -0.3 is 9.53 Å². The molecule has 0 aliphatic rings. The molecule has 0 unspecified atom stereocenters. The molecule has 0 saturated carbocycles. The van der Waals surface area contributed by atoms with Crippen molar-refractivity contribution in [2.75, 3.05) is 0 Å². The molecule has 0 bridgehead atoms. The van der Waals surface area contributed by atoms with E-state index in [0.29, 0.717) is 0 Å². The fraction of sp³-hybridized carbons (Fsp3) is 0.941. The van der Waals surface area contributed by atoms with Crippen molar-refractivity contribution < 1.29 is 14.3 Å². The van der Waals surface area contributed by atoms with E-state index in [1.165, 1.54) is 25.7 Å². The lowest BCUT2D eigenvalue weighted by atomic mass is 9.99. The Hall–Kier alpha value is -0.353. The number of hydrogen-bond acceptors (Lipinski definition) is 2. The molecule has 0 aromatic heterocycles. The maximum atomic E-state index is 11.3. The fourth-order valence-corrected chi connectivity index (χ4v) is 3.51. The van der Waals surface area contributed by atoms with Gasteiger partial charge in [0.2, 0.25) is 0 Å². The lowest BCUT2D eigenvalue weighted by Gasteiger charge is -2.40. The van der Waals surface area contributed by atoms with E-state index in [1.54, 1.807) is 6.92 Å². The maximum absolute atomic E-state index is 11.3. The number of unbranched alkanes of at least 4 members (excludes halogenated alkanes) is 4. The number of carboxylic acids is 1. The lowest BCUT2D eigenvalue weighted by Crippen LogP contribution is -2.46. The Balaban J connectivity index is 4.65. The zero-order valence-corrected chi connectivity index (χ0v) is 16.2. The van der Waals surface area contributed by atoms with Gasteiger partial charge in [-0.3, -0.25) is 4.79 Å². The third-order valence-corrected chi connectivity index (χ3v) is 9.30.